The average Bonchev–Trinajstić information content (AvgIpc) is 2.86. The van der Waals surface area contributed by atoms with Gasteiger partial charge in [-0.15, -0.1) is 0 Å². The molecule has 1 aromatic rings. The topological polar surface area (TPSA) is 58.6 Å². The third kappa shape index (κ3) is 4.70. The largest absolute Gasteiger partial charge is 0.406 e. The molecule has 0 unspecified atom stereocenters. The lowest BCUT2D eigenvalue weighted by molar-refractivity contribution is -0.157. The summed E-state index contributed by atoms with van der Waals surface area (Å²) in [4.78, 5) is 24.5. The van der Waals surface area contributed by atoms with Gasteiger partial charge in [-0.05, 0) is 24.6 Å². The van der Waals surface area contributed by atoms with Crippen LogP contribution < -0.4 is 5.32 Å². The van der Waals surface area contributed by atoms with Crippen molar-refractivity contribution in [1.29, 1.82) is 0 Å². The van der Waals surface area contributed by atoms with Crippen LogP contribution in [-0.2, 0) is 14.3 Å². The molecule has 1 aliphatic heterocycles. The molecule has 24 heavy (non-hydrogen) atoms. The van der Waals surface area contributed by atoms with Crippen molar-refractivity contribution in [2.24, 2.45) is 5.92 Å². The molecule has 0 aromatic heterocycles. The van der Waals surface area contributed by atoms with Crippen LogP contribution in [-0.4, -0.2) is 43.1 Å². The number of anilines is 1. The molecule has 0 saturated carbocycles. The van der Waals surface area contributed by atoms with Crippen molar-refractivity contribution in [3.8, 4) is 0 Å². The van der Waals surface area contributed by atoms with Gasteiger partial charge in [0.2, 0.25) is 11.8 Å². The van der Waals surface area contributed by atoms with Gasteiger partial charge in [0.1, 0.15) is 6.54 Å². The van der Waals surface area contributed by atoms with E-state index in [4.69, 9.17) is 4.74 Å². The van der Waals surface area contributed by atoms with Crippen LogP contribution in [0.3, 0.4) is 0 Å². The molecule has 5 nitrogen and oxygen atoms in total. The van der Waals surface area contributed by atoms with Gasteiger partial charge in [-0.3, -0.25) is 9.59 Å². The van der Waals surface area contributed by atoms with E-state index in [1.807, 2.05) is 13.0 Å². The Bertz CT molecular complexity index is 619. The number of likely N-dealkylation sites (tertiary alicyclic amines) is 1. The number of ether oxygens (including phenoxy) is 1. The van der Waals surface area contributed by atoms with Gasteiger partial charge >= 0.3 is 6.18 Å². The van der Waals surface area contributed by atoms with E-state index >= 15 is 0 Å². The maximum absolute atomic E-state index is 12.4. The number of rotatable bonds is 5. The summed E-state index contributed by atoms with van der Waals surface area (Å²) in [7, 11) is 1.56. The van der Waals surface area contributed by atoms with Crippen molar-refractivity contribution in [2.75, 3.05) is 25.5 Å². The Morgan fingerprint density at radius 3 is 2.79 bits per heavy atom. The van der Waals surface area contributed by atoms with E-state index in [1.165, 1.54) is 0 Å². The Labute approximate surface area is 137 Å². The van der Waals surface area contributed by atoms with Gasteiger partial charge in [0.15, 0.2) is 0 Å². The predicted molar refractivity (Wildman–Crippen MR) is 81.2 cm³/mol. The summed E-state index contributed by atoms with van der Waals surface area (Å²) in [5, 5.41) is 2.65. The van der Waals surface area contributed by atoms with Crippen molar-refractivity contribution in [3.05, 3.63) is 29.8 Å². The quantitative estimate of drug-likeness (QED) is 0.894. The first kappa shape index (κ1) is 18.3. The molecule has 1 heterocycles. The van der Waals surface area contributed by atoms with Gasteiger partial charge in [0, 0.05) is 25.8 Å². The number of halogens is 3. The average molecular weight is 344 g/mol. The van der Waals surface area contributed by atoms with E-state index in [1.54, 1.807) is 25.3 Å². The van der Waals surface area contributed by atoms with Crippen molar-refractivity contribution < 1.29 is 27.5 Å². The Balaban J connectivity index is 1.99. The predicted octanol–water partition coefficient (Wildman–Crippen LogP) is 2.74. The second-order valence-corrected chi connectivity index (χ2v) is 5.78. The normalized spacial score (nSPS) is 19.5. The zero-order valence-electron chi connectivity index (χ0n) is 13.4. The number of amides is 2. The molecule has 8 heteroatoms. The fourth-order valence-corrected chi connectivity index (χ4v) is 2.57. The summed E-state index contributed by atoms with van der Waals surface area (Å²) in [5.41, 5.74) is 1.37. The van der Waals surface area contributed by atoms with Gasteiger partial charge in [-0.25, -0.2) is 0 Å². The molecule has 0 radical (unpaired) electrons. The third-order valence-electron chi connectivity index (χ3n) is 3.93. The van der Waals surface area contributed by atoms with Gasteiger partial charge in [0.25, 0.3) is 0 Å². The first-order valence-electron chi connectivity index (χ1n) is 7.47. The van der Waals surface area contributed by atoms with Crippen molar-refractivity contribution in [3.63, 3.8) is 0 Å². The number of methoxy groups -OCH3 is 1. The molecule has 1 aromatic carbocycles. The Kier molecular flexibility index (Phi) is 5.48. The van der Waals surface area contributed by atoms with Crippen LogP contribution in [0.4, 0.5) is 18.9 Å². The Hall–Kier alpha value is -2.09. The second kappa shape index (κ2) is 7.21. The summed E-state index contributed by atoms with van der Waals surface area (Å²) < 4.78 is 42.4. The molecule has 132 valence electrons. The second-order valence-electron chi connectivity index (χ2n) is 5.78. The highest BCUT2D eigenvalue weighted by atomic mass is 19.4. The first-order valence-corrected chi connectivity index (χ1v) is 7.47. The third-order valence-corrected chi connectivity index (χ3v) is 3.93. The van der Waals surface area contributed by atoms with Gasteiger partial charge in [-0.2, -0.15) is 13.2 Å². The van der Waals surface area contributed by atoms with Gasteiger partial charge in [-0.1, -0.05) is 12.1 Å². The number of nitrogens with zero attached hydrogens (tertiary/aromatic N) is 1. The minimum Gasteiger partial charge on any atom is -0.377 e. The highest BCUT2D eigenvalue weighted by Crippen LogP contribution is 2.25. The minimum atomic E-state index is -4.47. The molecule has 2 rings (SSSR count). The highest BCUT2D eigenvalue weighted by molar-refractivity contribution is 5.97. The van der Waals surface area contributed by atoms with Crippen molar-refractivity contribution in [2.45, 2.75) is 25.6 Å². The fraction of sp³-hybridized carbons (Fsp3) is 0.500. The van der Waals surface area contributed by atoms with E-state index in [9.17, 15) is 22.8 Å². The zero-order chi connectivity index (χ0) is 17.9. The van der Waals surface area contributed by atoms with E-state index in [0.29, 0.717) is 10.6 Å². The molecular formula is C16H19F3N2O3. The van der Waals surface area contributed by atoms with Crippen LogP contribution in [0, 0.1) is 5.92 Å². The summed E-state index contributed by atoms with van der Waals surface area (Å²) in [5.74, 6) is -1.91. The van der Waals surface area contributed by atoms with Crippen LogP contribution in [0.25, 0.3) is 0 Å². The number of carbonyl (C=O) groups excluding carboxylic acids is 2. The number of benzene rings is 1. The molecule has 1 fully saturated rings. The monoisotopic (exact) mass is 344 g/mol. The van der Waals surface area contributed by atoms with Crippen LogP contribution >= 0.6 is 0 Å². The SMILES string of the molecule is CO[C@@H](C)c1cccc(NC(=O)[C@H]2CC(=O)N(CC(F)(F)F)C2)c1. The van der Waals surface area contributed by atoms with Crippen LogP contribution in [0.15, 0.2) is 24.3 Å². The van der Waals surface area contributed by atoms with Gasteiger partial charge in [0.05, 0.1) is 12.0 Å². The highest BCUT2D eigenvalue weighted by Gasteiger charge is 2.40. The molecule has 0 bridgehead atoms. The zero-order valence-corrected chi connectivity index (χ0v) is 13.4. The molecular weight excluding hydrogens is 325 g/mol. The standard InChI is InChI=1S/C16H19F3N2O3/c1-10(24-2)11-4-3-5-13(6-11)20-15(23)12-7-14(22)21(8-12)9-16(17,18)19/h3-6,10,12H,7-9H2,1-2H3,(H,20,23)/t10-,12-/m0/s1. The van der Waals surface area contributed by atoms with E-state index < -0.39 is 30.5 Å². The van der Waals surface area contributed by atoms with E-state index in [0.717, 1.165) is 5.56 Å². The van der Waals surface area contributed by atoms with Crippen molar-refractivity contribution in [1.82, 2.24) is 4.90 Å². The minimum absolute atomic E-state index is 0.155. The first-order chi connectivity index (χ1) is 11.2. The number of nitrogens with one attached hydrogen (secondary N) is 1. The Morgan fingerprint density at radius 1 is 1.46 bits per heavy atom. The smallest absolute Gasteiger partial charge is 0.377 e. The fourth-order valence-electron chi connectivity index (χ4n) is 2.57. The van der Waals surface area contributed by atoms with E-state index in [-0.39, 0.29) is 19.1 Å². The lowest BCUT2D eigenvalue weighted by atomic mass is 10.1. The van der Waals surface area contributed by atoms with Crippen molar-refractivity contribution >= 4 is 17.5 Å². The molecule has 1 saturated heterocycles. The molecule has 2 atom stereocenters. The number of carbonyl (C=O) groups is 2. The lowest BCUT2D eigenvalue weighted by Crippen LogP contribution is -2.36. The molecule has 1 aliphatic rings. The maximum atomic E-state index is 12.4. The molecule has 2 amide bonds. The summed E-state index contributed by atoms with van der Waals surface area (Å²) in [6.07, 6.45) is -4.83. The molecule has 1 N–H and O–H groups in total. The number of hydrogen-bond acceptors (Lipinski definition) is 3. The summed E-state index contributed by atoms with van der Waals surface area (Å²) in [6.45, 7) is 0.306. The lowest BCUT2D eigenvalue weighted by Gasteiger charge is -2.18. The number of hydrogen-bond donors (Lipinski definition) is 1. The summed E-state index contributed by atoms with van der Waals surface area (Å²) in [6, 6.07) is 6.99. The van der Waals surface area contributed by atoms with Crippen LogP contribution in [0.5, 0.6) is 0 Å². The molecule has 0 spiro atoms. The number of alkyl halides is 3. The van der Waals surface area contributed by atoms with E-state index in [2.05, 4.69) is 5.32 Å². The Morgan fingerprint density at radius 2 is 2.17 bits per heavy atom. The summed E-state index contributed by atoms with van der Waals surface area (Å²) >= 11 is 0. The van der Waals surface area contributed by atoms with Gasteiger partial charge < -0.3 is 15.0 Å². The molecule has 0 aliphatic carbocycles. The maximum Gasteiger partial charge on any atom is 0.406 e. The van der Waals surface area contributed by atoms with Crippen LogP contribution in [0.2, 0.25) is 0 Å². The van der Waals surface area contributed by atoms with Crippen LogP contribution in [0.1, 0.15) is 25.0 Å².